The van der Waals surface area contributed by atoms with E-state index in [1.165, 1.54) is 34.0 Å². The molecule has 4 rings (SSSR count). The van der Waals surface area contributed by atoms with E-state index in [9.17, 15) is 24.5 Å². The van der Waals surface area contributed by atoms with Gasteiger partial charge in [0.1, 0.15) is 0 Å². The SMILES string of the molecule is O=C1c2ccccc2C(=O)N1CCCn1cnc2cc([N+](=O)[O-])ccc2c1=O. The minimum absolute atomic E-state index is 0.136. The molecule has 0 radical (unpaired) electrons. The normalized spacial score (nSPS) is 13.2. The van der Waals surface area contributed by atoms with Crippen LogP contribution in [0, 0.1) is 10.1 Å². The molecule has 140 valence electrons. The number of aromatic nitrogens is 2. The predicted octanol–water partition coefficient (Wildman–Crippen LogP) is 1.99. The molecular weight excluding hydrogens is 364 g/mol. The molecule has 2 heterocycles. The number of aryl methyl sites for hydroxylation is 1. The first-order chi connectivity index (χ1) is 13.5. The second kappa shape index (κ2) is 6.69. The highest BCUT2D eigenvalue weighted by Crippen LogP contribution is 2.22. The summed E-state index contributed by atoms with van der Waals surface area (Å²) in [6, 6.07) is 10.5. The number of hydrogen-bond donors (Lipinski definition) is 0. The maximum Gasteiger partial charge on any atom is 0.271 e. The Morgan fingerprint density at radius 1 is 0.964 bits per heavy atom. The summed E-state index contributed by atoms with van der Waals surface area (Å²) in [5.41, 5.74) is 0.554. The van der Waals surface area contributed by atoms with Gasteiger partial charge in [-0.15, -0.1) is 0 Å². The van der Waals surface area contributed by atoms with Crippen LogP contribution in [0.3, 0.4) is 0 Å². The van der Waals surface area contributed by atoms with Crippen LogP contribution in [-0.2, 0) is 6.54 Å². The van der Waals surface area contributed by atoms with Crippen molar-refractivity contribution in [3.63, 3.8) is 0 Å². The quantitative estimate of drug-likeness (QED) is 0.381. The molecule has 9 nitrogen and oxygen atoms in total. The third-order valence-electron chi connectivity index (χ3n) is 4.68. The second-order valence-corrected chi connectivity index (χ2v) is 6.36. The van der Waals surface area contributed by atoms with Gasteiger partial charge in [-0.3, -0.25) is 34.0 Å². The van der Waals surface area contributed by atoms with Crippen LogP contribution >= 0.6 is 0 Å². The zero-order valence-corrected chi connectivity index (χ0v) is 14.6. The van der Waals surface area contributed by atoms with Gasteiger partial charge in [0.2, 0.25) is 0 Å². The van der Waals surface area contributed by atoms with Gasteiger partial charge in [0.15, 0.2) is 0 Å². The molecule has 0 fully saturated rings. The molecule has 1 aliphatic heterocycles. The first-order valence-corrected chi connectivity index (χ1v) is 8.56. The van der Waals surface area contributed by atoms with E-state index in [1.54, 1.807) is 24.3 Å². The Morgan fingerprint density at radius 3 is 2.29 bits per heavy atom. The fraction of sp³-hybridized carbons (Fsp3) is 0.158. The average molecular weight is 378 g/mol. The number of carbonyl (C=O) groups excluding carboxylic acids is 2. The molecule has 0 spiro atoms. The predicted molar refractivity (Wildman–Crippen MR) is 99.1 cm³/mol. The lowest BCUT2D eigenvalue weighted by atomic mass is 10.1. The molecule has 0 unspecified atom stereocenters. The smallest absolute Gasteiger partial charge is 0.271 e. The second-order valence-electron chi connectivity index (χ2n) is 6.36. The Balaban J connectivity index is 1.49. The lowest BCUT2D eigenvalue weighted by Crippen LogP contribution is -2.32. The zero-order valence-electron chi connectivity index (χ0n) is 14.6. The number of non-ortho nitro benzene ring substituents is 1. The summed E-state index contributed by atoms with van der Waals surface area (Å²) >= 11 is 0. The number of benzene rings is 2. The molecule has 0 saturated carbocycles. The summed E-state index contributed by atoms with van der Waals surface area (Å²) in [6.07, 6.45) is 1.70. The summed E-state index contributed by atoms with van der Waals surface area (Å²) in [4.78, 5) is 52.8. The van der Waals surface area contributed by atoms with Crippen LogP contribution in [0.5, 0.6) is 0 Å². The molecule has 0 N–H and O–H groups in total. The summed E-state index contributed by atoms with van der Waals surface area (Å²) in [7, 11) is 0. The number of nitro benzene ring substituents is 1. The first kappa shape index (κ1) is 17.5. The van der Waals surface area contributed by atoms with Crippen LogP contribution < -0.4 is 5.56 Å². The van der Waals surface area contributed by atoms with Crippen molar-refractivity contribution in [2.75, 3.05) is 6.54 Å². The molecule has 0 aliphatic carbocycles. The fourth-order valence-electron chi connectivity index (χ4n) is 3.26. The lowest BCUT2D eigenvalue weighted by molar-refractivity contribution is -0.384. The van der Waals surface area contributed by atoms with Crippen molar-refractivity contribution >= 4 is 28.4 Å². The Labute approximate surface area is 158 Å². The van der Waals surface area contributed by atoms with Crippen LogP contribution in [-0.4, -0.2) is 37.7 Å². The standard InChI is InChI=1S/C19H14N4O5/c24-17-15-7-6-12(23(27)28)10-16(15)20-11-21(17)8-3-9-22-18(25)13-4-1-2-5-14(13)19(22)26/h1-2,4-7,10-11H,3,8-9H2. The van der Waals surface area contributed by atoms with Crippen molar-refractivity contribution in [3.8, 4) is 0 Å². The summed E-state index contributed by atoms with van der Waals surface area (Å²) < 4.78 is 1.37. The van der Waals surface area contributed by atoms with Crippen LogP contribution in [0.4, 0.5) is 5.69 Å². The minimum Gasteiger partial charge on any atom is -0.299 e. The number of amides is 2. The van der Waals surface area contributed by atoms with E-state index < -0.39 is 4.92 Å². The number of hydrogen-bond acceptors (Lipinski definition) is 6. The Kier molecular flexibility index (Phi) is 4.19. The van der Waals surface area contributed by atoms with E-state index in [2.05, 4.69) is 4.98 Å². The largest absolute Gasteiger partial charge is 0.299 e. The van der Waals surface area contributed by atoms with Gasteiger partial charge in [0.05, 0.1) is 33.3 Å². The highest BCUT2D eigenvalue weighted by atomic mass is 16.6. The number of nitro groups is 1. The summed E-state index contributed by atoms with van der Waals surface area (Å²) in [5.74, 6) is -0.672. The molecule has 1 aromatic heterocycles. The van der Waals surface area contributed by atoms with Gasteiger partial charge in [-0.2, -0.15) is 0 Å². The highest BCUT2D eigenvalue weighted by Gasteiger charge is 2.34. The Hall–Kier alpha value is -3.88. The van der Waals surface area contributed by atoms with Crippen molar-refractivity contribution < 1.29 is 14.5 Å². The Bertz CT molecular complexity index is 1170. The van der Waals surface area contributed by atoms with E-state index in [0.717, 1.165) is 0 Å². The van der Waals surface area contributed by atoms with Crippen LogP contribution in [0.2, 0.25) is 0 Å². The first-order valence-electron chi connectivity index (χ1n) is 8.56. The van der Waals surface area contributed by atoms with Gasteiger partial charge in [0.25, 0.3) is 23.1 Å². The van der Waals surface area contributed by atoms with Crippen molar-refractivity contribution in [1.82, 2.24) is 14.5 Å². The maximum absolute atomic E-state index is 12.5. The van der Waals surface area contributed by atoms with E-state index in [1.807, 2.05) is 0 Å². The van der Waals surface area contributed by atoms with Crippen molar-refractivity contribution in [2.45, 2.75) is 13.0 Å². The summed E-state index contributed by atoms with van der Waals surface area (Å²) in [5, 5.41) is 11.1. The topological polar surface area (TPSA) is 115 Å². The van der Waals surface area contributed by atoms with Crippen LogP contribution in [0.1, 0.15) is 27.1 Å². The average Bonchev–Trinajstić information content (AvgIpc) is 2.94. The third-order valence-corrected chi connectivity index (χ3v) is 4.68. The van der Waals surface area contributed by atoms with Crippen LogP contribution in [0.15, 0.2) is 53.6 Å². The number of nitrogens with zero attached hydrogens (tertiary/aromatic N) is 4. The third kappa shape index (κ3) is 2.82. The molecule has 2 amide bonds. The molecule has 3 aromatic rings. The summed E-state index contributed by atoms with van der Waals surface area (Å²) in [6.45, 7) is 0.434. The van der Waals surface area contributed by atoms with Crippen molar-refractivity contribution in [1.29, 1.82) is 0 Å². The van der Waals surface area contributed by atoms with Gasteiger partial charge in [-0.1, -0.05) is 12.1 Å². The number of imide groups is 1. The number of carbonyl (C=O) groups is 2. The Morgan fingerprint density at radius 2 is 1.64 bits per heavy atom. The molecule has 0 saturated heterocycles. The molecular formula is C19H14N4O5. The molecule has 0 bridgehead atoms. The molecule has 2 aromatic carbocycles. The van der Waals surface area contributed by atoms with E-state index in [-0.39, 0.29) is 47.1 Å². The van der Waals surface area contributed by atoms with Gasteiger partial charge < -0.3 is 0 Å². The van der Waals surface area contributed by atoms with Gasteiger partial charge in [0, 0.05) is 25.2 Å². The lowest BCUT2D eigenvalue weighted by Gasteiger charge is -2.14. The monoisotopic (exact) mass is 378 g/mol. The van der Waals surface area contributed by atoms with Gasteiger partial charge in [-0.25, -0.2) is 4.98 Å². The zero-order chi connectivity index (χ0) is 19.8. The molecule has 0 atom stereocenters. The van der Waals surface area contributed by atoms with Crippen LogP contribution in [0.25, 0.3) is 10.9 Å². The van der Waals surface area contributed by atoms with E-state index in [4.69, 9.17) is 0 Å². The molecule has 28 heavy (non-hydrogen) atoms. The van der Waals surface area contributed by atoms with E-state index >= 15 is 0 Å². The number of rotatable bonds is 5. The maximum atomic E-state index is 12.5. The fourth-order valence-corrected chi connectivity index (χ4v) is 3.26. The highest BCUT2D eigenvalue weighted by molar-refractivity contribution is 6.21. The molecule has 1 aliphatic rings. The van der Waals surface area contributed by atoms with Gasteiger partial charge >= 0.3 is 0 Å². The minimum atomic E-state index is -0.547. The van der Waals surface area contributed by atoms with Gasteiger partial charge in [-0.05, 0) is 24.6 Å². The molecule has 9 heteroatoms. The van der Waals surface area contributed by atoms with E-state index in [0.29, 0.717) is 17.5 Å². The number of fused-ring (bicyclic) bond motifs is 2. The van der Waals surface area contributed by atoms with Crippen molar-refractivity contribution in [2.24, 2.45) is 0 Å². The van der Waals surface area contributed by atoms with Crippen molar-refractivity contribution in [3.05, 3.63) is 80.4 Å².